The van der Waals surface area contributed by atoms with Crippen LogP contribution in [0.15, 0.2) is 78.9 Å². The molecule has 4 rings (SSSR count). The molecule has 1 N–H and O–H groups in total. The maximum Gasteiger partial charge on any atom is 0.258 e. The quantitative estimate of drug-likeness (QED) is 0.519. The van der Waals surface area contributed by atoms with Crippen molar-refractivity contribution in [3.05, 3.63) is 95.9 Å². The molecule has 1 aromatic heterocycles. The molecule has 0 aliphatic carbocycles. The molecule has 0 fully saturated rings. The number of pyridine rings is 1. The molecule has 0 saturated carbocycles. The van der Waals surface area contributed by atoms with Crippen molar-refractivity contribution in [1.29, 1.82) is 0 Å². The number of amides is 1. The second-order valence-corrected chi connectivity index (χ2v) is 6.26. The average Bonchev–Trinajstić information content (AvgIpc) is 2.69. The summed E-state index contributed by atoms with van der Waals surface area (Å²) in [6, 6.07) is 23.5. The second kappa shape index (κ2) is 7.00. The number of nitrogens with zero attached hydrogens (tertiary/aromatic N) is 1. The van der Waals surface area contributed by atoms with Gasteiger partial charge in [0.25, 0.3) is 5.91 Å². The first kappa shape index (κ1) is 16.9. The highest BCUT2D eigenvalue weighted by molar-refractivity contribution is 6.14. The van der Waals surface area contributed by atoms with E-state index in [1.165, 1.54) is 6.07 Å². The van der Waals surface area contributed by atoms with Crippen LogP contribution in [0.1, 0.15) is 16.1 Å². The Morgan fingerprint density at radius 2 is 1.56 bits per heavy atom. The highest BCUT2D eigenvalue weighted by Gasteiger charge is 2.21. The topological polar surface area (TPSA) is 42.0 Å². The SMILES string of the molecule is Cc1nc2ccccc2c(-c2ccccc2)c1C(=O)Nc1ccccc1F. The van der Waals surface area contributed by atoms with Gasteiger partial charge in [0.2, 0.25) is 0 Å². The third-order valence-corrected chi connectivity index (χ3v) is 4.48. The van der Waals surface area contributed by atoms with Gasteiger partial charge < -0.3 is 5.32 Å². The summed E-state index contributed by atoms with van der Waals surface area (Å²) in [6.07, 6.45) is 0. The van der Waals surface area contributed by atoms with E-state index in [2.05, 4.69) is 10.3 Å². The van der Waals surface area contributed by atoms with Gasteiger partial charge in [-0.25, -0.2) is 4.39 Å². The predicted molar refractivity (Wildman–Crippen MR) is 106 cm³/mol. The summed E-state index contributed by atoms with van der Waals surface area (Å²) in [7, 11) is 0. The number of aromatic nitrogens is 1. The molecule has 4 heteroatoms. The minimum absolute atomic E-state index is 0.147. The molecule has 27 heavy (non-hydrogen) atoms. The van der Waals surface area contributed by atoms with Crippen LogP contribution in [0.4, 0.5) is 10.1 Å². The number of carbonyl (C=O) groups is 1. The minimum Gasteiger partial charge on any atom is -0.319 e. The van der Waals surface area contributed by atoms with Gasteiger partial charge in [-0.2, -0.15) is 0 Å². The number of carbonyl (C=O) groups excluding carboxylic acids is 1. The maximum absolute atomic E-state index is 14.0. The molecular weight excluding hydrogens is 339 g/mol. The van der Waals surface area contributed by atoms with Gasteiger partial charge in [-0.1, -0.05) is 60.7 Å². The monoisotopic (exact) mass is 356 g/mol. The van der Waals surface area contributed by atoms with E-state index < -0.39 is 5.82 Å². The molecule has 132 valence electrons. The third-order valence-electron chi connectivity index (χ3n) is 4.48. The number of aryl methyl sites for hydroxylation is 1. The van der Waals surface area contributed by atoms with E-state index in [1.54, 1.807) is 25.1 Å². The Hall–Kier alpha value is -3.53. The van der Waals surface area contributed by atoms with E-state index in [4.69, 9.17) is 0 Å². The summed E-state index contributed by atoms with van der Waals surface area (Å²) in [6.45, 7) is 1.80. The summed E-state index contributed by atoms with van der Waals surface area (Å²) in [4.78, 5) is 17.7. The van der Waals surface area contributed by atoms with E-state index in [0.29, 0.717) is 11.3 Å². The number of para-hydroxylation sites is 2. The minimum atomic E-state index is -0.474. The van der Waals surface area contributed by atoms with Crippen molar-refractivity contribution in [2.75, 3.05) is 5.32 Å². The van der Waals surface area contributed by atoms with Gasteiger partial charge in [-0.3, -0.25) is 9.78 Å². The standard InChI is InChI=1S/C23H17FN2O/c1-15-21(23(27)26-20-14-8-6-12-18(20)24)22(16-9-3-2-4-10-16)17-11-5-7-13-19(17)25-15/h2-14H,1H3,(H,26,27). The Balaban J connectivity index is 1.93. The van der Waals surface area contributed by atoms with Gasteiger partial charge in [0.1, 0.15) is 5.82 Å². The Kier molecular flexibility index (Phi) is 4.38. The molecule has 3 nitrogen and oxygen atoms in total. The van der Waals surface area contributed by atoms with Crippen LogP contribution in [-0.4, -0.2) is 10.9 Å². The smallest absolute Gasteiger partial charge is 0.258 e. The number of nitrogens with one attached hydrogen (secondary N) is 1. The number of halogens is 1. The lowest BCUT2D eigenvalue weighted by Crippen LogP contribution is -2.17. The number of anilines is 1. The van der Waals surface area contributed by atoms with E-state index in [9.17, 15) is 9.18 Å². The lowest BCUT2D eigenvalue weighted by molar-refractivity contribution is 0.102. The zero-order valence-corrected chi connectivity index (χ0v) is 14.7. The summed E-state index contributed by atoms with van der Waals surface area (Å²) in [5.74, 6) is -0.854. The molecule has 3 aromatic carbocycles. The first-order chi connectivity index (χ1) is 13.1. The molecule has 0 aliphatic heterocycles. The largest absolute Gasteiger partial charge is 0.319 e. The molecule has 0 radical (unpaired) electrons. The normalized spacial score (nSPS) is 10.7. The van der Waals surface area contributed by atoms with Gasteiger partial charge in [0.15, 0.2) is 0 Å². The van der Waals surface area contributed by atoms with Gasteiger partial charge in [-0.15, -0.1) is 0 Å². The second-order valence-electron chi connectivity index (χ2n) is 6.26. The fourth-order valence-electron chi connectivity index (χ4n) is 3.26. The van der Waals surface area contributed by atoms with Gasteiger partial charge in [-0.05, 0) is 30.7 Å². The molecule has 0 aliphatic rings. The predicted octanol–water partition coefficient (Wildman–Crippen LogP) is 5.60. The van der Waals surface area contributed by atoms with E-state index >= 15 is 0 Å². The van der Waals surface area contributed by atoms with Crippen LogP contribution in [0.3, 0.4) is 0 Å². The van der Waals surface area contributed by atoms with E-state index in [0.717, 1.165) is 22.0 Å². The number of hydrogen-bond donors (Lipinski definition) is 1. The van der Waals surface area contributed by atoms with Crippen LogP contribution in [-0.2, 0) is 0 Å². The van der Waals surface area contributed by atoms with Gasteiger partial charge >= 0.3 is 0 Å². The van der Waals surface area contributed by atoms with Crippen LogP contribution in [0.2, 0.25) is 0 Å². The first-order valence-electron chi connectivity index (χ1n) is 8.66. The Labute approximate surface area is 156 Å². The molecule has 0 spiro atoms. The fourth-order valence-corrected chi connectivity index (χ4v) is 3.26. The van der Waals surface area contributed by atoms with E-state index in [1.807, 2.05) is 54.6 Å². The summed E-state index contributed by atoms with van der Waals surface area (Å²) >= 11 is 0. The van der Waals surface area contributed by atoms with Crippen molar-refractivity contribution in [2.45, 2.75) is 6.92 Å². The molecule has 1 amide bonds. The Morgan fingerprint density at radius 3 is 2.33 bits per heavy atom. The number of rotatable bonds is 3. The van der Waals surface area contributed by atoms with Crippen molar-refractivity contribution >= 4 is 22.5 Å². The summed E-state index contributed by atoms with van der Waals surface area (Å²) in [5.41, 5.74) is 3.72. The molecule has 0 saturated heterocycles. The van der Waals surface area contributed by atoms with Crippen molar-refractivity contribution < 1.29 is 9.18 Å². The molecule has 0 unspecified atom stereocenters. The summed E-state index contributed by atoms with van der Waals surface area (Å²) in [5, 5.41) is 3.57. The van der Waals surface area contributed by atoms with Crippen LogP contribution < -0.4 is 5.32 Å². The van der Waals surface area contributed by atoms with E-state index in [-0.39, 0.29) is 11.6 Å². The third kappa shape index (κ3) is 3.17. The molecule has 0 atom stereocenters. The van der Waals surface area contributed by atoms with Crippen LogP contribution in [0.5, 0.6) is 0 Å². The number of fused-ring (bicyclic) bond motifs is 1. The first-order valence-corrected chi connectivity index (χ1v) is 8.66. The van der Waals surface area contributed by atoms with Crippen LogP contribution in [0.25, 0.3) is 22.0 Å². The van der Waals surface area contributed by atoms with Crippen LogP contribution in [0, 0.1) is 12.7 Å². The van der Waals surface area contributed by atoms with Crippen molar-refractivity contribution in [1.82, 2.24) is 4.98 Å². The lowest BCUT2D eigenvalue weighted by Gasteiger charge is -2.16. The Morgan fingerprint density at radius 1 is 0.889 bits per heavy atom. The summed E-state index contributed by atoms with van der Waals surface area (Å²) < 4.78 is 14.0. The zero-order valence-electron chi connectivity index (χ0n) is 14.7. The van der Waals surface area contributed by atoms with Crippen LogP contribution >= 0.6 is 0 Å². The van der Waals surface area contributed by atoms with Crippen molar-refractivity contribution in [3.63, 3.8) is 0 Å². The molecule has 0 bridgehead atoms. The zero-order chi connectivity index (χ0) is 18.8. The fraction of sp³-hybridized carbons (Fsp3) is 0.0435. The number of benzene rings is 3. The molecule has 1 heterocycles. The lowest BCUT2D eigenvalue weighted by atomic mass is 9.94. The van der Waals surface area contributed by atoms with Gasteiger partial charge in [0, 0.05) is 10.9 Å². The highest BCUT2D eigenvalue weighted by atomic mass is 19.1. The highest BCUT2D eigenvalue weighted by Crippen LogP contribution is 2.33. The Bertz CT molecular complexity index is 1140. The van der Waals surface area contributed by atoms with Gasteiger partial charge in [0.05, 0.1) is 22.5 Å². The number of hydrogen-bond acceptors (Lipinski definition) is 2. The maximum atomic E-state index is 14.0. The average molecular weight is 356 g/mol. The van der Waals surface area contributed by atoms with Crippen molar-refractivity contribution in [2.24, 2.45) is 0 Å². The molecular formula is C23H17FN2O. The molecule has 4 aromatic rings. The van der Waals surface area contributed by atoms with Crippen molar-refractivity contribution in [3.8, 4) is 11.1 Å².